The minimum Gasteiger partial charge on any atom is -0.481 e. The number of carbonyl (C=O) groups excluding carboxylic acids is 1. The Kier molecular flexibility index (Phi) is 7.07. The van der Waals surface area contributed by atoms with Crippen molar-refractivity contribution in [1.29, 1.82) is 0 Å². The van der Waals surface area contributed by atoms with Crippen LogP contribution in [-0.4, -0.2) is 35.4 Å². The molecule has 0 aliphatic rings. The number of rotatable bonds is 7. The number of aliphatic carboxylic acids is 1. The Hall–Kier alpha value is -2.24. The molecule has 1 amide bonds. The monoisotopic (exact) mass is 336 g/mol. The standard InChI is InChI=1S/C18H28N2O4/c1-12(2)15(20-17(23)24-18(3,4)5)11-19-14-8-6-13(7-9-14)10-16(21)22/h6-9,12,15,19H,10-11H2,1-5H3,(H,20,23)(H,21,22)/t15-/m0/s1. The predicted molar refractivity (Wildman–Crippen MR) is 94.3 cm³/mol. The molecule has 6 heteroatoms. The number of anilines is 1. The van der Waals surface area contributed by atoms with Gasteiger partial charge in [-0.1, -0.05) is 26.0 Å². The van der Waals surface area contributed by atoms with Gasteiger partial charge in [0.25, 0.3) is 0 Å². The topological polar surface area (TPSA) is 87.7 Å². The predicted octanol–water partition coefficient (Wildman–Crippen LogP) is 3.27. The molecule has 134 valence electrons. The summed E-state index contributed by atoms with van der Waals surface area (Å²) in [5.74, 6) is -0.617. The minimum atomic E-state index is -0.850. The van der Waals surface area contributed by atoms with E-state index in [1.54, 1.807) is 12.1 Å². The first-order valence-electron chi connectivity index (χ1n) is 8.11. The van der Waals surface area contributed by atoms with Crippen molar-refractivity contribution in [3.8, 4) is 0 Å². The summed E-state index contributed by atoms with van der Waals surface area (Å²) in [6.07, 6.45) is -0.422. The molecule has 1 aromatic carbocycles. The number of nitrogens with one attached hydrogen (secondary N) is 2. The number of hydrogen-bond donors (Lipinski definition) is 3. The third-order valence-corrected chi connectivity index (χ3v) is 3.34. The summed E-state index contributed by atoms with van der Waals surface area (Å²) in [6.45, 7) is 10.1. The Morgan fingerprint density at radius 1 is 1.17 bits per heavy atom. The van der Waals surface area contributed by atoms with Crippen LogP contribution in [0.3, 0.4) is 0 Å². The second-order valence-electron chi connectivity index (χ2n) is 7.15. The minimum absolute atomic E-state index is 0.00903. The average Bonchev–Trinajstić information content (AvgIpc) is 2.42. The van der Waals surface area contributed by atoms with E-state index in [4.69, 9.17) is 9.84 Å². The van der Waals surface area contributed by atoms with E-state index in [2.05, 4.69) is 10.6 Å². The van der Waals surface area contributed by atoms with Gasteiger partial charge in [-0.25, -0.2) is 4.79 Å². The Bertz CT molecular complexity index is 547. The van der Waals surface area contributed by atoms with Gasteiger partial charge in [-0.05, 0) is 44.4 Å². The van der Waals surface area contributed by atoms with Gasteiger partial charge in [-0.15, -0.1) is 0 Å². The maximum Gasteiger partial charge on any atom is 0.407 e. The van der Waals surface area contributed by atoms with Gasteiger partial charge in [0.05, 0.1) is 12.5 Å². The van der Waals surface area contributed by atoms with Crippen LogP contribution in [0.15, 0.2) is 24.3 Å². The highest BCUT2D eigenvalue weighted by Crippen LogP contribution is 2.12. The van der Waals surface area contributed by atoms with Crippen molar-refractivity contribution in [2.45, 2.75) is 52.7 Å². The zero-order valence-electron chi connectivity index (χ0n) is 15.1. The van der Waals surface area contributed by atoms with E-state index in [0.29, 0.717) is 6.54 Å². The van der Waals surface area contributed by atoms with E-state index in [1.165, 1.54) is 0 Å². The molecule has 3 N–H and O–H groups in total. The maximum absolute atomic E-state index is 11.9. The molecular weight excluding hydrogens is 308 g/mol. The van der Waals surface area contributed by atoms with Crippen LogP contribution in [0, 0.1) is 5.92 Å². The first-order valence-corrected chi connectivity index (χ1v) is 8.11. The summed E-state index contributed by atoms with van der Waals surface area (Å²) in [6, 6.07) is 7.15. The number of benzene rings is 1. The number of amides is 1. The molecule has 6 nitrogen and oxygen atoms in total. The molecular formula is C18H28N2O4. The van der Waals surface area contributed by atoms with Crippen LogP contribution in [0.5, 0.6) is 0 Å². The van der Waals surface area contributed by atoms with Crippen LogP contribution in [-0.2, 0) is 16.0 Å². The molecule has 1 rings (SSSR count). The summed E-state index contributed by atoms with van der Waals surface area (Å²) < 4.78 is 5.29. The highest BCUT2D eigenvalue weighted by Gasteiger charge is 2.21. The first-order chi connectivity index (χ1) is 11.1. The van der Waals surface area contributed by atoms with Gasteiger partial charge in [-0.3, -0.25) is 4.79 Å². The third kappa shape index (κ3) is 7.85. The Morgan fingerprint density at radius 3 is 2.21 bits per heavy atom. The van der Waals surface area contributed by atoms with Crippen LogP contribution < -0.4 is 10.6 Å². The van der Waals surface area contributed by atoms with Gasteiger partial charge in [-0.2, -0.15) is 0 Å². The Morgan fingerprint density at radius 2 is 1.75 bits per heavy atom. The van der Waals surface area contributed by atoms with Crippen molar-refractivity contribution in [3.63, 3.8) is 0 Å². The van der Waals surface area contributed by atoms with E-state index < -0.39 is 17.7 Å². The molecule has 0 spiro atoms. The molecule has 0 fully saturated rings. The molecule has 0 saturated heterocycles. The van der Waals surface area contributed by atoms with Gasteiger partial charge in [0.2, 0.25) is 0 Å². The average molecular weight is 336 g/mol. The van der Waals surface area contributed by atoms with Gasteiger partial charge < -0.3 is 20.5 Å². The van der Waals surface area contributed by atoms with Crippen LogP contribution in [0.1, 0.15) is 40.2 Å². The second-order valence-corrected chi connectivity index (χ2v) is 7.15. The summed E-state index contributed by atoms with van der Waals surface area (Å²) >= 11 is 0. The maximum atomic E-state index is 11.9. The smallest absolute Gasteiger partial charge is 0.407 e. The van der Waals surface area contributed by atoms with Crippen molar-refractivity contribution < 1.29 is 19.4 Å². The molecule has 0 unspecified atom stereocenters. The third-order valence-electron chi connectivity index (χ3n) is 3.34. The van der Waals surface area contributed by atoms with Crippen LogP contribution in [0.2, 0.25) is 0 Å². The Balaban J connectivity index is 2.57. The molecule has 0 aliphatic carbocycles. The van der Waals surface area contributed by atoms with E-state index in [1.807, 2.05) is 46.8 Å². The molecule has 1 atom stereocenters. The molecule has 0 aliphatic heterocycles. The fraction of sp³-hybridized carbons (Fsp3) is 0.556. The quantitative estimate of drug-likeness (QED) is 0.711. The molecule has 0 radical (unpaired) electrons. The van der Waals surface area contributed by atoms with Crippen molar-refractivity contribution in [1.82, 2.24) is 5.32 Å². The van der Waals surface area contributed by atoms with E-state index >= 15 is 0 Å². The second kappa shape index (κ2) is 8.57. The van der Waals surface area contributed by atoms with Crippen molar-refractivity contribution in [2.75, 3.05) is 11.9 Å². The molecule has 0 saturated carbocycles. The molecule has 24 heavy (non-hydrogen) atoms. The molecule has 0 bridgehead atoms. The molecule has 1 aromatic rings. The van der Waals surface area contributed by atoms with Crippen molar-refractivity contribution >= 4 is 17.7 Å². The molecule has 0 aromatic heterocycles. The lowest BCUT2D eigenvalue weighted by atomic mass is 10.0. The number of hydrogen-bond acceptors (Lipinski definition) is 4. The number of carbonyl (C=O) groups is 2. The van der Waals surface area contributed by atoms with Crippen molar-refractivity contribution in [3.05, 3.63) is 29.8 Å². The number of carboxylic acids is 1. The number of ether oxygens (including phenoxy) is 1. The van der Waals surface area contributed by atoms with Gasteiger partial charge in [0.15, 0.2) is 0 Å². The number of alkyl carbamates (subject to hydrolysis) is 1. The van der Waals surface area contributed by atoms with Crippen LogP contribution in [0.4, 0.5) is 10.5 Å². The largest absolute Gasteiger partial charge is 0.481 e. The summed E-state index contributed by atoms with van der Waals surface area (Å²) in [5, 5.41) is 14.9. The SMILES string of the molecule is CC(C)[C@H](CNc1ccc(CC(=O)O)cc1)NC(=O)OC(C)(C)C. The first kappa shape index (κ1) is 19.8. The fourth-order valence-corrected chi connectivity index (χ4v) is 2.06. The van der Waals surface area contributed by atoms with Crippen LogP contribution in [0.25, 0.3) is 0 Å². The van der Waals surface area contributed by atoms with E-state index in [0.717, 1.165) is 11.3 Å². The summed E-state index contributed by atoms with van der Waals surface area (Å²) in [5.41, 5.74) is 1.10. The highest BCUT2D eigenvalue weighted by molar-refractivity contribution is 5.70. The van der Waals surface area contributed by atoms with Gasteiger partial charge in [0.1, 0.15) is 5.60 Å². The molecule has 0 heterocycles. The summed E-state index contributed by atoms with van der Waals surface area (Å²) in [4.78, 5) is 22.6. The normalized spacial score (nSPS) is 12.6. The van der Waals surface area contributed by atoms with E-state index in [-0.39, 0.29) is 18.4 Å². The summed E-state index contributed by atoms with van der Waals surface area (Å²) in [7, 11) is 0. The zero-order chi connectivity index (χ0) is 18.3. The van der Waals surface area contributed by atoms with Gasteiger partial charge >= 0.3 is 12.1 Å². The lowest BCUT2D eigenvalue weighted by Crippen LogP contribution is -2.45. The zero-order valence-corrected chi connectivity index (χ0v) is 15.1. The lowest BCUT2D eigenvalue weighted by molar-refractivity contribution is -0.136. The van der Waals surface area contributed by atoms with Gasteiger partial charge in [0, 0.05) is 12.2 Å². The van der Waals surface area contributed by atoms with Crippen molar-refractivity contribution in [2.24, 2.45) is 5.92 Å². The van der Waals surface area contributed by atoms with Crippen LogP contribution >= 0.6 is 0 Å². The Labute approximate surface area is 143 Å². The highest BCUT2D eigenvalue weighted by atomic mass is 16.6. The number of carboxylic acid groups (broad SMARTS) is 1. The van der Waals surface area contributed by atoms with E-state index in [9.17, 15) is 9.59 Å². The fourth-order valence-electron chi connectivity index (χ4n) is 2.06. The lowest BCUT2D eigenvalue weighted by Gasteiger charge is -2.26.